The zero-order valence-corrected chi connectivity index (χ0v) is 29.5. The van der Waals surface area contributed by atoms with Crippen LogP contribution in [0.3, 0.4) is 0 Å². The summed E-state index contributed by atoms with van der Waals surface area (Å²) < 4.78 is 40.1. The van der Waals surface area contributed by atoms with Crippen LogP contribution in [0.4, 0.5) is 0 Å². The Labute approximate surface area is 280 Å². The number of methoxy groups -OCH3 is 2. The van der Waals surface area contributed by atoms with Gasteiger partial charge in [0.2, 0.25) is 14.2 Å². The summed E-state index contributed by atoms with van der Waals surface area (Å²) in [6.45, 7) is 7.56. The quantitative estimate of drug-likeness (QED) is 0.135. The van der Waals surface area contributed by atoms with E-state index < -0.39 is 21.2 Å². The molecule has 0 aliphatic rings. The first-order valence-corrected chi connectivity index (χ1v) is 18.4. The van der Waals surface area contributed by atoms with Crippen molar-refractivity contribution in [1.82, 2.24) is 29.9 Å². The van der Waals surface area contributed by atoms with Crippen LogP contribution in [0, 0.1) is 13.8 Å². The van der Waals surface area contributed by atoms with Gasteiger partial charge in [0.05, 0.1) is 25.7 Å². The molecule has 6 aromatic rings. The highest BCUT2D eigenvalue weighted by molar-refractivity contribution is 8.01. The second kappa shape index (κ2) is 15.0. The molecule has 0 aliphatic heterocycles. The predicted octanol–water partition coefficient (Wildman–Crippen LogP) is 7.21. The van der Waals surface area contributed by atoms with E-state index in [4.69, 9.17) is 9.47 Å². The van der Waals surface area contributed by atoms with Crippen LogP contribution < -0.4 is 0 Å². The Bertz CT molecular complexity index is 1930. The van der Waals surface area contributed by atoms with Crippen LogP contribution >= 0.6 is 34.4 Å². The van der Waals surface area contributed by atoms with Crippen molar-refractivity contribution in [2.24, 2.45) is 0 Å². The molecule has 0 aliphatic carbocycles. The number of para-hydroxylation sites is 2. The Balaban J connectivity index is 0.000000182. The van der Waals surface area contributed by atoms with Crippen LogP contribution in [0.1, 0.15) is 48.8 Å². The number of benzene rings is 2. The SMILES string of the molecule is CO[C@H](c1ncc(C)cn1)[C@H](C)S(=O)(=O)c1nc2ccccc2s1.CO[C@H](c1ncc(C)cn1)[C@H](C)Sc1nc2ccccc2s1. The van der Waals surface area contributed by atoms with E-state index in [-0.39, 0.29) is 15.7 Å². The third kappa shape index (κ3) is 7.76. The Morgan fingerprint density at radius 2 is 1.17 bits per heavy atom. The van der Waals surface area contributed by atoms with Crippen LogP contribution in [-0.2, 0) is 19.3 Å². The fraction of sp³-hybridized carbons (Fsp3) is 0.312. The highest BCUT2D eigenvalue weighted by atomic mass is 32.2. The molecule has 10 nitrogen and oxygen atoms in total. The first-order valence-electron chi connectivity index (χ1n) is 14.3. The van der Waals surface area contributed by atoms with Gasteiger partial charge in [-0.05, 0) is 63.1 Å². The molecule has 0 saturated heterocycles. The Morgan fingerprint density at radius 3 is 1.67 bits per heavy atom. The van der Waals surface area contributed by atoms with Crippen molar-refractivity contribution in [3.05, 3.63) is 96.1 Å². The number of aromatic nitrogens is 6. The van der Waals surface area contributed by atoms with Crippen LogP contribution in [0.15, 0.2) is 82.0 Å². The van der Waals surface area contributed by atoms with Crippen molar-refractivity contribution in [2.45, 2.75) is 59.1 Å². The van der Waals surface area contributed by atoms with Crippen molar-refractivity contribution >= 4 is 64.7 Å². The standard InChI is InChI=1S/C16H17N3O3S2.C16H17N3OS2/c1-10-8-17-15(18-9-10)14(22-3)11(2)24(20,21)16-19-12-6-4-5-7-13(12)23-16;1-10-8-17-15(18-9-10)14(20-3)11(2)21-16-19-12-6-4-5-7-13(12)22-16/h4-9,11,14H,1-3H3;4-9,11,14H,1-3H3/t2*11-,14-/m00/s1. The highest BCUT2D eigenvalue weighted by Crippen LogP contribution is 2.37. The minimum Gasteiger partial charge on any atom is -0.372 e. The first-order chi connectivity index (χ1) is 22.1. The average Bonchev–Trinajstić information content (AvgIpc) is 3.68. The van der Waals surface area contributed by atoms with Gasteiger partial charge in [-0.15, -0.1) is 22.7 Å². The van der Waals surface area contributed by atoms with Gasteiger partial charge in [-0.2, -0.15) is 0 Å². The van der Waals surface area contributed by atoms with Crippen molar-refractivity contribution in [2.75, 3.05) is 14.2 Å². The highest BCUT2D eigenvalue weighted by Gasteiger charge is 2.36. The molecule has 46 heavy (non-hydrogen) atoms. The number of thioether (sulfide) groups is 1. The van der Waals surface area contributed by atoms with Gasteiger partial charge in [0.25, 0.3) is 0 Å². The summed E-state index contributed by atoms with van der Waals surface area (Å²) in [4.78, 5) is 26.1. The number of thiazole rings is 2. The predicted molar refractivity (Wildman–Crippen MR) is 184 cm³/mol. The molecule has 0 spiro atoms. The van der Waals surface area contributed by atoms with E-state index in [1.54, 1.807) is 55.6 Å². The largest absolute Gasteiger partial charge is 0.372 e. The molecule has 0 bridgehead atoms. The first kappa shape index (κ1) is 33.9. The number of nitrogens with zero attached hydrogens (tertiary/aromatic N) is 6. The Morgan fingerprint density at radius 1 is 0.696 bits per heavy atom. The van der Waals surface area contributed by atoms with Crippen molar-refractivity contribution in [1.29, 1.82) is 0 Å². The lowest BCUT2D eigenvalue weighted by Gasteiger charge is -2.20. The topological polar surface area (TPSA) is 130 Å². The van der Waals surface area contributed by atoms with E-state index in [9.17, 15) is 8.42 Å². The number of sulfone groups is 1. The van der Waals surface area contributed by atoms with Gasteiger partial charge in [-0.25, -0.2) is 38.3 Å². The van der Waals surface area contributed by atoms with Gasteiger partial charge in [-0.1, -0.05) is 36.0 Å². The Kier molecular flexibility index (Phi) is 11.1. The van der Waals surface area contributed by atoms with E-state index in [2.05, 4.69) is 42.9 Å². The van der Waals surface area contributed by atoms with E-state index in [0.717, 1.165) is 37.0 Å². The number of hydrogen-bond donors (Lipinski definition) is 0. The van der Waals surface area contributed by atoms with E-state index >= 15 is 0 Å². The van der Waals surface area contributed by atoms with Gasteiger partial charge in [0, 0.05) is 44.3 Å². The molecule has 2 aromatic carbocycles. The molecule has 14 heteroatoms. The summed E-state index contributed by atoms with van der Waals surface area (Å²) in [5.74, 6) is 1.06. The number of ether oxygens (including phenoxy) is 2. The molecule has 0 saturated carbocycles. The lowest BCUT2D eigenvalue weighted by atomic mass is 10.2. The summed E-state index contributed by atoms with van der Waals surface area (Å²) in [6.07, 6.45) is 6.02. The zero-order chi connectivity index (χ0) is 32.8. The van der Waals surface area contributed by atoms with E-state index in [0.29, 0.717) is 17.2 Å². The maximum Gasteiger partial charge on any atom is 0.210 e. The molecular formula is C32H34N6O4S4. The summed E-state index contributed by atoms with van der Waals surface area (Å²) >= 11 is 4.57. The molecule has 6 rings (SSSR count). The smallest absolute Gasteiger partial charge is 0.210 e. The fourth-order valence-corrected chi connectivity index (χ4v) is 9.96. The Hall–Kier alpha value is -3.40. The van der Waals surface area contributed by atoms with Gasteiger partial charge in [-0.3, -0.25) is 0 Å². The van der Waals surface area contributed by atoms with Gasteiger partial charge < -0.3 is 9.47 Å². The summed E-state index contributed by atoms with van der Waals surface area (Å²) in [7, 11) is -0.514. The maximum absolute atomic E-state index is 13.0. The van der Waals surface area contributed by atoms with Crippen LogP contribution in [0.5, 0.6) is 0 Å². The van der Waals surface area contributed by atoms with Gasteiger partial charge in [0.1, 0.15) is 12.2 Å². The average molecular weight is 695 g/mol. The summed E-state index contributed by atoms with van der Waals surface area (Å²) in [6, 6.07) is 15.5. The van der Waals surface area contributed by atoms with Gasteiger partial charge in [0.15, 0.2) is 16.0 Å². The molecule has 0 fully saturated rings. The summed E-state index contributed by atoms with van der Waals surface area (Å²) in [5.41, 5.74) is 3.66. The molecule has 0 unspecified atom stereocenters. The minimum absolute atomic E-state index is 0.0883. The van der Waals surface area contributed by atoms with Gasteiger partial charge >= 0.3 is 0 Å². The van der Waals surface area contributed by atoms with Crippen molar-refractivity contribution < 1.29 is 17.9 Å². The lowest BCUT2D eigenvalue weighted by molar-refractivity contribution is 0.0948. The number of hydrogen-bond acceptors (Lipinski definition) is 13. The maximum atomic E-state index is 13.0. The molecular weight excluding hydrogens is 661 g/mol. The molecule has 240 valence electrons. The van der Waals surface area contributed by atoms with Crippen molar-refractivity contribution in [3.8, 4) is 0 Å². The fourth-order valence-electron chi connectivity index (χ4n) is 4.53. The number of rotatable bonds is 10. The third-order valence-electron chi connectivity index (χ3n) is 7.04. The molecule has 0 amide bonds. The third-order valence-corrected chi connectivity index (χ3v) is 12.9. The van der Waals surface area contributed by atoms with E-state index in [1.807, 2.05) is 62.6 Å². The number of fused-ring (bicyclic) bond motifs is 2. The van der Waals surface area contributed by atoms with Crippen molar-refractivity contribution in [3.63, 3.8) is 0 Å². The van der Waals surface area contributed by atoms with Crippen LogP contribution in [0.25, 0.3) is 20.4 Å². The monoisotopic (exact) mass is 694 g/mol. The van der Waals surface area contributed by atoms with Crippen LogP contribution in [0.2, 0.25) is 0 Å². The normalized spacial score (nSPS) is 14.4. The second-order valence-corrected chi connectivity index (χ2v) is 16.7. The second-order valence-electron chi connectivity index (χ2n) is 10.5. The molecule has 0 radical (unpaired) electrons. The van der Waals surface area contributed by atoms with E-state index in [1.165, 1.54) is 11.8 Å². The van der Waals surface area contributed by atoms with Crippen LogP contribution in [-0.4, -0.2) is 63.0 Å². The number of aryl methyl sites for hydroxylation is 2. The molecule has 4 aromatic heterocycles. The molecule has 4 atom stereocenters. The minimum atomic E-state index is -3.67. The summed E-state index contributed by atoms with van der Waals surface area (Å²) in [5, 5.41) is -0.681. The molecule has 4 heterocycles. The zero-order valence-electron chi connectivity index (χ0n) is 26.2. The lowest BCUT2D eigenvalue weighted by Crippen LogP contribution is -2.28. The molecule has 0 N–H and O–H groups in total.